The molecule has 3 heteroatoms. The van der Waals surface area contributed by atoms with Gasteiger partial charge in [-0.1, -0.05) is 0 Å². The molecule has 8 heavy (non-hydrogen) atoms. The Kier molecular flexibility index (Phi) is 4.26. The molecule has 3 nitrogen and oxygen atoms in total. The van der Waals surface area contributed by atoms with Crippen LogP contribution < -0.4 is 5.73 Å². The molecule has 0 aliphatic rings. The van der Waals surface area contributed by atoms with E-state index in [-0.39, 0.29) is 5.91 Å². The summed E-state index contributed by atoms with van der Waals surface area (Å²) in [6.07, 6.45) is 2.00. The van der Waals surface area contributed by atoms with Crippen LogP contribution in [0.15, 0.2) is 0 Å². The van der Waals surface area contributed by atoms with Crippen molar-refractivity contribution in [3.63, 3.8) is 0 Å². The first kappa shape index (κ1) is 7.43. The van der Waals surface area contributed by atoms with Crippen molar-refractivity contribution in [1.82, 2.24) is 0 Å². The molecule has 0 unspecified atom stereocenters. The summed E-state index contributed by atoms with van der Waals surface area (Å²) >= 11 is 0. The first-order valence-electron chi connectivity index (χ1n) is 2.39. The summed E-state index contributed by atoms with van der Waals surface area (Å²) in [4.78, 5) is 9.99. The van der Waals surface area contributed by atoms with Crippen molar-refractivity contribution >= 4 is 5.91 Å². The van der Waals surface area contributed by atoms with Gasteiger partial charge in [0.25, 0.3) is 0 Å². The molecule has 0 aromatic rings. The smallest absolute Gasteiger partial charge is 0.221 e. The van der Waals surface area contributed by atoms with Gasteiger partial charge in [0.15, 0.2) is 0 Å². The summed E-state index contributed by atoms with van der Waals surface area (Å²) in [5, 5.41) is 0. The molecule has 0 atom stereocenters. The van der Waals surface area contributed by atoms with Crippen molar-refractivity contribution < 1.29 is 9.53 Å². The van der Waals surface area contributed by atoms with Gasteiger partial charge in [-0.15, -0.1) is 0 Å². The zero-order valence-corrected chi connectivity index (χ0v) is 4.89. The van der Waals surface area contributed by atoms with Gasteiger partial charge in [0, 0.05) is 13.7 Å². The maximum Gasteiger partial charge on any atom is 0.221 e. The molecule has 0 saturated carbocycles. The highest BCUT2D eigenvalue weighted by atomic mass is 16.5. The van der Waals surface area contributed by atoms with Crippen LogP contribution in [0.3, 0.4) is 0 Å². The summed E-state index contributed by atoms with van der Waals surface area (Å²) < 4.78 is 4.65. The van der Waals surface area contributed by atoms with E-state index in [0.717, 1.165) is 0 Å². The molecule has 1 amide bonds. The Morgan fingerprint density at radius 2 is 2.50 bits per heavy atom. The fourth-order valence-electron chi connectivity index (χ4n) is 0.319. The molecule has 0 spiro atoms. The van der Waals surface area contributed by atoms with Gasteiger partial charge < -0.3 is 10.5 Å². The number of carbonyl (C=O) groups is 1. The highest BCUT2D eigenvalue weighted by Gasteiger charge is 1.91. The number of rotatable bonds is 4. The van der Waals surface area contributed by atoms with Gasteiger partial charge in [-0.25, -0.2) is 0 Å². The van der Waals surface area contributed by atoms with Crippen LogP contribution in [-0.4, -0.2) is 19.6 Å². The fourth-order valence-corrected chi connectivity index (χ4v) is 0.319. The number of hydrogen-bond donors (Lipinski definition) is 1. The third-order valence-electron chi connectivity index (χ3n) is 0.667. The number of hydrogen-bond acceptors (Lipinski definition) is 2. The SMILES string of the molecule is COCC[CH]C(N)=O. The monoisotopic (exact) mass is 116 g/mol. The minimum Gasteiger partial charge on any atom is -0.385 e. The lowest BCUT2D eigenvalue weighted by Gasteiger charge is -1.92. The Hall–Kier alpha value is -0.570. The number of carbonyl (C=O) groups excluding carboxylic acids is 1. The van der Waals surface area contributed by atoms with E-state index in [9.17, 15) is 4.79 Å². The predicted molar refractivity (Wildman–Crippen MR) is 30.0 cm³/mol. The van der Waals surface area contributed by atoms with Gasteiger partial charge >= 0.3 is 0 Å². The summed E-state index contributed by atoms with van der Waals surface area (Å²) in [5.74, 6) is -0.387. The second kappa shape index (κ2) is 4.59. The minimum absolute atomic E-state index is 0.387. The van der Waals surface area contributed by atoms with Crippen molar-refractivity contribution in [2.24, 2.45) is 5.73 Å². The predicted octanol–water partition coefficient (Wildman–Crippen LogP) is -0.288. The number of ether oxygens (including phenoxy) is 1. The largest absolute Gasteiger partial charge is 0.385 e. The van der Waals surface area contributed by atoms with Gasteiger partial charge in [0.2, 0.25) is 5.91 Å². The molecule has 0 rings (SSSR count). The van der Waals surface area contributed by atoms with Crippen LogP contribution in [-0.2, 0) is 9.53 Å². The van der Waals surface area contributed by atoms with E-state index in [0.29, 0.717) is 13.0 Å². The maximum absolute atomic E-state index is 9.99. The summed E-state index contributed by atoms with van der Waals surface area (Å²) in [6, 6.07) is 0. The van der Waals surface area contributed by atoms with Gasteiger partial charge in [-0.05, 0) is 6.42 Å². The van der Waals surface area contributed by atoms with Crippen LogP contribution in [0.4, 0.5) is 0 Å². The number of amides is 1. The lowest BCUT2D eigenvalue weighted by molar-refractivity contribution is -0.115. The van der Waals surface area contributed by atoms with Crippen LogP contribution in [0.25, 0.3) is 0 Å². The van der Waals surface area contributed by atoms with Crippen LogP contribution in [0, 0.1) is 6.42 Å². The van der Waals surface area contributed by atoms with Gasteiger partial charge in [0.05, 0.1) is 6.42 Å². The van der Waals surface area contributed by atoms with Gasteiger partial charge in [0.1, 0.15) is 0 Å². The number of nitrogens with two attached hydrogens (primary N) is 1. The average Bonchev–Trinajstić information content (AvgIpc) is 1.66. The van der Waals surface area contributed by atoms with Gasteiger partial charge in [-0.3, -0.25) is 4.79 Å². The first-order valence-corrected chi connectivity index (χ1v) is 2.39. The lowest BCUT2D eigenvalue weighted by Crippen LogP contribution is -2.11. The second-order valence-electron chi connectivity index (χ2n) is 1.39. The summed E-state index contributed by atoms with van der Waals surface area (Å²) in [6.45, 7) is 0.558. The Morgan fingerprint density at radius 1 is 1.88 bits per heavy atom. The van der Waals surface area contributed by atoms with E-state index in [1.807, 2.05) is 0 Å². The molecule has 0 aromatic carbocycles. The van der Waals surface area contributed by atoms with Crippen molar-refractivity contribution in [3.05, 3.63) is 6.42 Å². The third-order valence-corrected chi connectivity index (χ3v) is 0.667. The van der Waals surface area contributed by atoms with E-state index in [1.54, 1.807) is 7.11 Å². The van der Waals surface area contributed by atoms with Crippen LogP contribution in [0.5, 0.6) is 0 Å². The van der Waals surface area contributed by atoms with E-state index < -0.39 is 0 Å². The Morgan fingerprint density at radius 3 is 2.88 bits per heavy atom. The molecule has 0 aromatic heterocycles. The van der Waals surface area contributed by atoms with Crippen LogP contribution in [0.1, 0.15) is 6.42 Å². The normalized spacial score (nSPS) is 9.12. The standard InChI is InChI=1S/C5H10NO2/c1-8-4-2-3-5(6)7/h3H,2,4H2,1H3,(H2,6,7). The van der Waals surface area contributed by atoms with Crippen molar-refractivity contribution in [1.29, 1.82) is 0 Å². The molecule has 47 valence electrons. The lowest BCUT2D eigenvalue weighted by atomic mass is 10.3. The molecular weight excluding hydrogens is 106 g/mol. The molecule has 0 aliphatic heterocycles. The number of primary amides is 1. The number of methoxy groups -OCH3 is 1. The minimum atomic E-state index is -0.387. The Bertz CT molecular complexity index is 72.8. The van der Waals surface area contributed by atoms with Crippen LogP contribution in [0.2, 0.25) is 0 Å². The average molecular weight is 116 g/mol. The van der Waals surface area contributed by atoms with E-state index >= 15 is 0 Å². The quantitative estimate of drug-likeness (QED) is 0.513. The molecule has 1 radical (unpaired) electrons. The van der Waals surface area contributed by atoms with E-state index in [1.165, 1.54) is 6.42 Å². The van der Waals surface area contributed by atoms with Crippen molar-refractivity contribution in [3.8, 4) is 0 Å². The second-order valence-corrected chi connectivity index (χ2v) is 1.39. The molecular formula is C5H10NO2. The molecule has 0 saturated heterocycles. The maximum atomic E-state index is 9.99. The van der Waals surface area contributed by atoms with Crippen molar-refractivity contribution in [2.75, 3.05) is 13.7 Å². The topological polar surface area (TPSA) is 52.3 Å². The summed E-state index contributed by atoms with van der Waals surface area (Å²) in [5.41, 5.74) is 4.78. The van der Waals surface area contributed by atoms with E-state index in [4.69, 9.17) is 5.73 Å². The molecule has 0 aliphatic carbocycles. The molecule has 0 bridgehead atoms. The Labute approximate surface area is 48.8 Å². The summed E-state index contributed by atoms with van der Waals surface area (Å²) in [7, 11) is 1.58. The van der Waals surface area contributed by atoms with Gasteiger partial charge in [-0.2, -0.15) is 0 Å². The zero-order chi connectivity index (χ0) is 6.41. The third kappa shape index (κ3) is 5.43. The molecule has 2 N–H and O–H groups in total. The molecule has 0 fully saturated rings. The highest BCUT2D eigenvalue weighted by Crippen LogP contribution is 1.83. The highest BCUT2D eigenvalue weighted by molar-refractivity contribution is 5.82. The zero-order valence-electron chi connectivity index (χ0n) is 4.89. The first-order chi connectivity index (χ1) is 3.77. The molecule has 0 heterocycles. The van der Waals surface area contributed by atoms with Crippen LogP contribution >= 0.6 is 0 Å². The Balaban J connectivity index is 2.82. The van der Waals surface area contributed by atoms with Crippen molar-refractivity contribution in [2.45, 2.75) is 6.42 Å². The fraction of sp³-hybridized carbons (Fsp3) is 0.600. The van der Waals surface area contributed by atoms with E-state index in [2.05, 4.69) is 4.74 Å².